The highest BCUT2D eigenvalue weighted by molar-refractivity contribution is 5.90. The number of carbonyl (C=O) groups excluding carboxylic acids is 5. The van der Waals surface area contributed by atoms with Crippen LogP contribution in [0.5, 0.6) is 0 Å². The Labute approximate surface area is 411 Å². The summed E-state index contributed by atoms with van der Waals surface area (Å²) < 4.78 is 64.2. The number of methoxy groups -OCH3 is 1. The van der Waals surface area contributed by atoms with Crippen LogP contribution in [0.25, 0.3) is 0 Å². The van der Waals surface area contributed by atoms with Crippen LogP contribution in [0.1, 0.15) is 139 Å². The molecule has 3 aliphatic heterocycles. The molecule has 0 radical (unpaired) electrons. The number of amides is 5. The standard InChI is InChI=1S/C51H78F3N7O9/c1-33-41(28-46(63)60(33)2)48(65)56-22-26-70-40-14-12-39(13-15-40)69-24-6-7-45(62)59-37-10-8-34(9-11-37)47(64)55-21-5-4-19-50(20-16-38(29-50)58-43-18-25-68-32-44(43)67-3)49(66)61-23-17-42-35(31-61)27-36(30-57-42)51(52,53)54/h27,30,33-34,37-41,43-44,58H,4-26,28-29,31-32H2,1-3H3,(H,55,64)(H,56,65)(H,59,62)/t33-,34-,37-,38-,39-,40-,41+,43+,44-,50+/m1/s1. The molecule has 4 heterocycles. The molecule has 5 fully saturated rings. The molecule has 0 bridgehead atoms. The predicted octanol–water partition coefficient (Wildman–Crippen LogP) is 4.99. The van der Waals surface area contributed by atoms with Crippen molar-refractivity contribution in [2.75, 3.05) is 60.2 Å². The number of halogens is 3. The van der Waals surface area contributed by atoms with Gasteiger partial charge in [-0.1, -0.05) is 6.42 Å². The SMILES string of the molecule is CO[C@@H]1COCC[C@@H]1N[C@@H]1CC[C@](CCCCNC(=O)[C@H]2CC[C@H](NC(=O)CCCO[C@H]3CC[C@H](OCCNC(=O)[C@H]4CC(=O)N(C)[C@@H]4C)CC3)CC2)(C(=O)N2CCc3ncc(C(F)(F)F)cc3C2)C1. The first-order valence-corrected chi connectivity index (χ1v) is 26.2. The Balaban J connectivity index is 0.759. The van der Waals surface area contributed by atoms with Crippen LogP contribution in [0.3, 0.4) is 0 Å². The Kier molecular flexibility index (Phi) is 19.4. The lowest BCUT2D eigenvalue weighted by Gasteiger charge is -2.38. The normalized spacial score (nSPS) is 30.5. The lowest BCUT2D eigenvalue weighted by Crippen LogP contribution is -2.51. The van der Waals surface area contributed by atoms with Crippen molar-refractivity contribution >= 4 is 29.5 Å². The van der Waals surface area contributed by atoms with Gasteiger partial charge >= 0.3 is 6.18 Å². The van der Waals surface area contributed by atoms with Gasteiger partial charge in [0, 0.05) is 115 Å². The zero-order chi connectivity index (χ0) is 49.8. The van der Waals surface area contributed by atoms with Gasteiger partial charge in [0.1, 0.15) is 0 Å². The summed E-state index contributed by atoms with van der Waals surface area (Å²) in [5, 5.41) is 13.0. The van der Waals surface area contributed by atoms with E-state index in [1.54, 1.807) is 24.0 Å². The molecule has 6 aliphatic rings. The summed E-state index contributed by atoms with van der Waals surface area (Å²) in [5.41, 5.74) is -0.425. The van der Waals surface area contributed by atoms with Crippen LogP contribution in [0.15, 0.2) is 12.3 Å². The van der Waals surface area contributed by atoms with Crippen LogP contribution in [0.2, 0.25) is 0 Å². The van der Waals surface area contributed by atoms with Gasteiger partial charge in [-0.3, -0.25) is 29.0 Å². The molecule has 5 amide bonds. The number of rotatable bonds is 21. The van der Waals surface area contributed by atoms with E-state index in [1.807, 2.05) is 6.92 Å². The van der Waals surface area contributed by atoms with Gasteiger partial charge in [-0.15, -0.1) is 0 Å². The van der Waals surface area contributed by atoms with Crippen LogP contribution < -0.4 is 21.3 Å². The van der Waals surface area contributed by atoms with E-state index in [0.29, 0.717) is 115 Å². The molecular formula is C51H78F3N7O9. The lowest BCUT2D eigenvalue weighted by molar-refractivity contribution is -0.144. The number of fused-ring (bicyclic) bond motifs is 1. The number of likely N-dealkylation sites (tertiary alicyclic amines) is 1. The predicted molar refractivity (Wildman–Crippen MR) is 253 cm³/mol. The van der Waals surface area contributed by atoms with Gasteiger partial charge in [-0.05, 0) is 115 Å². The van der Waals surface area contributed by atoms with E-state index >= 15 is 0 Å². The van der Waals surface area contributed by atoms with Gasteiger partial charge < -0.3 is 50.0 Å². The summed E-state index contributed by atoms with van der Waals surface area (Å²) in [6.45, 7) is 5.40. The lowest BCUT2D eigenvalue weighted by atomic mass is 9.78. The van der Waals surface area contributed by atoms with Crippen molar-refractivity contribution in [1.82, 2.24) is 36.1 Å². The van der Waals surface area contributed by atoms with Crippen molar-refractivity contribution < 1.29 is 56.1 Å². The zero-order valence-electron chi connectivity index (χ0n) is 41.6. The van der Waals surface area contributed by atoms with Gasteiger partial charge in [0.25, 0.3) is 0 Å². The number of carbonyl (C=O) groups is 5. The molecule has 6 atom stereocenters. The second-order valence-electron chi connectivity index (χ2n) is 20.9. The summed E-state index contributed by atoms with van der Waals surface area (Å²) in [6, 6.07) is 1.26. The first-order valence-electron chi connectivity index (χ1n) is 26.2. The number of nitrogens with zero attached hydrogens (tertiary/aromatic N) is 3. The number of hydrogen-bond acceptors (Lipinski definition) is 11. The topological polar surface area (TPSA) is 190 Å². The van der Waals surface area contributed by atoms with Gasteiger partial charge in [-0.2, -0.15) is 13.2 Å². The first-order chi connectivity index (χ1) is 33.6. The molecule has 2 saturated heterocycles. The minimum Gasteiger partial charge on any atom is -0.379 e. The van der Waals surface area contributed by atoms with Crippen LogP contribution in [0.4, 0.5) is 13.2 Å². The molecule has 16 nitrogen and oxygen atoms in total. The van der Waals surface area contributed by atoms with Gasteiger partial charge in [0.05, 0.1) is 48.4 Å². The van der Waals surface area contributed by atoms with E-state index in [-0.39, 0.29) is 96.8 Å². The number of nitrogens with one attached hydrogen (secondary N) is 4. The molecule has 19 heteroatoms. The summed E-state index contributed by atoms with van der Waals surface area (Å²) in [5.74, 6) is -0.534. The van der Waals surface area contributed by atoms with E-state index in [0.717, 1.165) is 70.1 Å². The maximum atomic E-state index is 14.6. The molecule has 70 heavy (non-hydrogen) atoms. The minimum absolute atomic E-state index is 0.00258. The van der Waals surface area contributed by atoms with E-state index in [2.05, 4.69) is 26.3 Å². The molecule has 1 aromatic heterocycles. The maximum Gasteiger partial charge on any atom is 0.417 e. The van der Waals surface area contributed by atoms with E-state index in [9.17, 15) is 37.1 Å². The smallest absolute Gasteiger partial charge is 0.379 e. The Hall–Kier alpha value is -3.91. The number of pyridine rings is 1. The molecule has 0 aromatic carbocycles. The fourth-order valence-corrected chi connectivity index (χ4v) is 11.8. The summed E-state index contributed by atoms with van der Waals surface area (Å²) in [6.07, 6.45) is 9.56. The van der Waals surface area contributed by atoms with Crippen LogP contribution in [-0.4, -0.2) is 147 Å². The van der Waals surface area contributed by atoms with Crippen molar-refractivity contribution in [2.24, 2.45) is 17.3 Å². The van der Waals surface area contributed by atoms with E-state index in [1.165, 1.54) is 0 Å². The minimum atomic E-state index is -4.52. The summed E-state index contributed by atoms with van der Waals surface area (Å²) >= 11 is 0. The van der Waals surface area contributed by atoms with Gasteiger partial charge in [-0.25, -0.2) is 0 Å². The van der Waals surface area contributed by atoms with Gasteiger partial charge in [0.15, 0.2) is 0 Å². The highest BCUT2D eigenvalue weighted by Gasteiger charge is 2.48. The monoisotopic (exact) mass is 990 g/mol. The largest absolute Gasteiger partial charge is 0.417 e. The number of hydrogen-bond donors (Lipinski definition) is 4. The molecule has 1 aromatic rings. The third-order valence-corrected chi connectivity index (χ3v) is 16.2. The van der Waals surface area contributed by atoms with E-state index in [4.69, 9.17) is 18.9 Å². The molecule has 7 rings (SSSR count). The fraction of sp³-hybridized carbons (Fsp3) is 0.804. The van der Waals surface area contributed by atoms with Gasteiger partial charge in [0.2, 0.25) is 29.5 Å². The molecule has 392 valence electrons. The summed E-state index contributed by atoms with van der Waals surface area (Å²) in [7, 11) is 3.41. The Morgan fingerprint density at radius 2 is 1.63 bits per heavy atom. The summed E-state index contributed by atoms with van der Waals surface area (Å²) in [4.78, 5) is 72.5. The molecule has 4 N–H and O–H groups in total. The zero-order valence-corrected chi connectivity index (χ0v) is 41.6. The third kappa shape index (κ3) is 14.4. The number of alkyl halides is 3. The molecule has 0 unspecified atom stereocenters. The van der Waals surface area contributed by atoms with Crippen molar-refractivity contribution in [2.45, 2.75) is 184 Å². The Morgan fingerprint density at radius 1 is 0.900 bits per heavy atom. The fourth-order valence-electron chi connectivity index (χ4n) is 11.8. The number of ether oxygens (including phenoxy) is 4. The average Bonchev–Trinajstić information content (AvgIpc) is 3.89. The van der Waals surface area contributed by atoms with Crippen molar-refractivity contribution in [3.8, 4) is 0 Å². The maximum absolute atomic E-state index is 14.6. The van der Waals surface area contributed by atoms with Crippen molar-refractivity contribution in [3.63, 3.8) is 0 Å². The quantitative estimate of drug-likeness (QED) is 0.122. The van der Waals surface area contributed by atoms with Crippen LogP contribution in [0, 0.1) is 17.3 Å². The second kappa shape index (κ2) is 25.2. The number of aromatic nitrogens is 1. The molecule has 0 spiro atoms. The highest BCUT2D eigenvalue weighted by atomic mass is 19.4. The Bertz CT molecular complexity index is 1930. The second-order valence-corrected chi connectivity index (χ2v) is 20.9. The highest BCUT2D eigenvalue weighted by Crippen LogP contribution is 2.45. The Morgan fingerprint density at radius 3 is 2.33 bits per heavy atom. The van der Waals surface area contributed by atoms with Crippen LogP contribution in [-0.2, 0) is 62.1 Å². The first kappa shape index (κ1) is 53.9. The molecule has 3 saturated carbocycles. The van der Waals surface area contributed by atoms with Crippen molar-refractivity contribution in [1.29, 1.82) is 0 Å². The van der Waals surface area contributed by atoms with Crippen molar-refractivity contribution in [3.05, 3.63) is 29.1 Å². The third-order valence-electron chi connectivity index (χ3n) is 16.2. The average molecular weight is 990 g/mol. The molecular weight excluding hydrogens is 912 g/mol. The van der Waals surface area contributed by atoms with E-state index < -0.39 is 17.2 Å². The molecule has 3 aliphatic carbocycles. The van der Waals surface area contributed by atoms with Crippen LogP contribution >= 0.6 is 0 Å². The number of unbranched alkanes of at least 4 members (excludes halogenated alkanes) is 1.